The maximum absolute atomic E-state index is 13.4. The van der Waals surface area contributed by atoms with Gasteiger partial charge in [0.25, 0.3) is 0 Å². The third-order valence-corrected chi connectivity index (χ3v) is 16.1. The number of hydrogen-bond donors (Lipinski definition) is 15. The lowest BCUT2D eigenvalue weighted by atomic mass is 9.81. The molecule has 0 aromatic heterocycles. The number of carbonyl (C=O) groups excluding carboxylic acids is 6. The van der Waals surface area contributed by atoms with Crippen LogP contribution >= 0.6 is 0 Å². The van der Waals surface area contributed by atoms with E-state index >= 15 is 0 Å². The van der Waals surface area contributed by atoms with Crippen molar-refractivity contribution in [2.75, 3.05) is 72.4 Å². The largest absolute Gasteiger partial charge is 0.394 e. The van der Waals surface area contributed by atoms with Gasteiger partial charge in [-0.05, 0) is 83.5 Å². The second kappa shape index (κ2) is 42.4. The highest BCUT2D eigenvalue weighted by molar-refractivity contribution is 5.79. The molecule has 0 spiro atoms. The van der Waals surface area contributed by atoms with Crippen molar-refractivity contribution in [1.82, 2.24) is 31.9 Å². The Kier molecular flexibility index (Phi) is 37.8. The van der Waals surface area contributed by atoms with Crippen molar-refractivity contribution in [2.24, 2.45) is 17.8 Å². The van der Waals surface area contributed by atoms with Gasteiger partial charge in [-0.1, -0.05) is 34.6 Å². The van der Waals surface area contributed by atoms with E-state index in [1.54, 1.807) is 20.8 Å². The van der Waals surface area contributed by atoms with E-state index in [-0.39, 0.29) is 106 Å². The minimum Gasteiger partial charge on any atom is -0.394 e. The van der Waals surface area contributed by atoms with Crippen molar-refractivity contribution in [3.8, 4) is 0 Å². The zero-order valence-electron chi connectivity index (χ0n) is 51.6. The number of Topliss-reactive ketones (excluding diaryl/α,β-unsaturated/α-hetero) is 1. The van der Waals surface area contributed by atoms with Crippen molar-refractivity contribution in [3.05, 3.63) is 0 Å². The molecule has 3 aliphatic rings. The minimum atomic E-state index is -1.22. The van der Waals surface area contributed by atoms with Crippen LogP contribution in [-0.4, -0.2) is 239 Å². The van der Waals surface area contributed by atoms with Crippen LogP contribution in [0, 0.1) is 17.8 Å². The Morgan fingerprint density at radius 1 is 0.395 bits per heavy atom. The van der Waals surface area contributed by atoms with Crippen molar-refractivity contribution in [2.45, 2.75) is 248 Å². The smallest absolute Gasteiger partial charge is 0.220 e. The first-order chi connectivity index (χ1) is 41.1. The molecule has 15 N–H and O–H groups in total. The molecule has 27 heteroatoms. The van der Waals surface area contributed by atoms with Crippen LogP contribution in [-0.2, 0) is 57.2 Å². The van der Waals surface area contributed by atoms with Crippen molar-refractivity contribution < 1.29 is 103 Å². The van der Waals surface area contributed by atoms with Crippen LogP contribution in [0.4, 0.5) is 0 Å². The Morgan fingerprint density at radius 2 is 0.686 bits per heavy atom. The van der Waals surface area contributed by atoms with Gasteiger partial charge < -0.3 is 106 Å². The number of rotatable bonds is 45. The van der Waals surface area contributed by atoms with Crippen molar-refractivity contribution >= 4 is 35.3 Å². The van der Waals surface area contributed by atoms with Crippen LogP contribution in [0.1, 0.15) is 163 Å². The molecule has 15 atom stereocenters. The first-order valence-corrected chi connectivity index (χ1v) is 31.4. The first-order valence-electron chi connectivity index (χ1n) is 31.4. The predicted molar refractivity (Wildman–Crippen MR) is 312 cm³/mol. The number of aliphatic hydroxyl groups excluding tert-OH is 9. The zero-order chi connectivity index (χ0) is 63.6. The fourth-order valence-electron chi connectivity index (χ4n) is 10.6. The van der Waals surface area contributed by atoms with E-state index in [2.05, 4.69) is 31.9 Å². The molecule has 3 aliphatic heterocycles. The maximum Gasteiger partial charge on any atom is 0.220 e. The molecule has 6 unspecified atom stereocenters. The van der Waals surface area contributed by atoms with E-state index in [1.165, 1.54) is 0 Å². The van der Waals surface area contributed by atoms with Crippen LogP contribution in [0.5, 0.6) is 0 Å². The summed E-state index contributed by atoms with van der Waals surface area (Å²) in [7, 11) is 0. The summed E-state index contributed by atoms with van der Waals surface area (Å²) in [4.78, 5) is 77.5. The van der Waals surface area contributed by atoms with Gasteiger partial charge in [0.2, 0.25) is 29.5 Å². The molecule has 5 amide bonds. The average molecular weight is 1240 g/mol. The second-order valence-corrected chi connectivity index (χ2v) is 23.7. The SMILES string of the molecule is CC(C)NC(CCC(=O)CCCCNC(=O)CCCCO[C@@H]1OC(CO)[C@H](O)C(O)[C@@H]1C)(CCC(=O)NCCCNC(=O)CCCCO[C@@H]1OC(CO)[C@H](O)C(O)[C@@H]1C)CCC(=O)NCCCNC(=O)CCCCO[C@@H]1OC(CO)[C@H](O)C(O)[C@@H]1C. The van der Waals surface area contributed by atoms with Crippen LogP contribution < -0.4 is 31.9 Å². The molecule has 0 bridgehead atoms. The average Bonchev–Trinajstić information content (AvgIpc) is 3.68. The van der Waals surface area contributed by atoms with Crippen LogP contribution in [0.25, 0.3) is 0 Å². The summed E-state index contributed by atoms with van der Waals surface area (Å²) in [6, 6.07) is -0.0608. The third kappa shape index (κ3) is 28.5. The van der Waals surface area contributed by atoms with Crippen molar-refractivity contribution in [3.63, 3.8) is 0 Å². The highest BCUT2D eigenvalue weighted by Gasteiger charge is 2.45. The summed E-state index contributed by atoms with van der Waals surface area (Å²) in [5.41, 5.74) is -0.761. The lowest BCUT2D eigenvalue weighted by molar-refractivity contribution is -0.282. The molecule has 0 aromatic carbocycles. The Morgan fingerprint density at radius 3 is 1.00 bits per heavy atom. The van der Waals surface area contributed by atoms with Gasteiger partial charge in [0.05, 0.1) is 38.1 Å². The van der Waals surface area contributed by atoms with E-state index in [4.69, 9.17) is 28.4 Å². The van der Waals surface area contributed by atoms with E-state index in [1.807, 2.05) is 13.8 Å². The first kappa shape index (κ1) is 76.6. The van der Waals surface area contributed by atoms with Gasteiger partial charge in [-0.25, -0.2) is 0 Å². The molecule has 0 aromatic rings. The van der Waals surface area contributed by atoms with E-state index in [9.17, 15) is 74.7 Å². The monoisotopic (exact) mass is 1240 g/mol. The van der Waals surface area contributed by atoms with E-state index in [0.717, 1.165) is 0 Å². The Bertz CT molecular complexity index is 1740. The summed E-state index contributed by atoms with van der Waals surface area (Å²) in [6.07, 6.45) is -4.40. The number of aliphatic hydroxyl groups is 9. The Labute approximate surface area is 507 Å². The number of nitrogens with one attached hydrogen (secondary N) is 6. The van der Waals surface area contributed by atoms with Gasteiger partial charge in [-0.2, -0.15) is 0 Å². The second-order valence-electron chi connectivity index (χ2n) is 23.7. The van der Waals surface area contributed by atoms with Gasteiger partial charge >= 0.3 is 0 Å². The third-order valence-electron chi connectivity index (χ3n) is 16.1. The lowest BCUT2D eigenvalue weighted by Crippen LogP contribution is -2.55. The zero-order valence-corrected chi connectivity index (χ0v) is 51.6. The highest BCUT2D eigenvalue weighted by Crippen LogP contribution is 2.31. The summed E-state index contributed by atoms with van der Waals surface area (Å²) in [5, 5.41) is 107. The molecule has 3 saturated heterocycles. The molecule has 3 rings (SSSR count). The van der Waals surface area contributed by atoms with Crippen LogP contribution in [0.3, 0.4) is 0 Å². The molecule has 86 heavy (non-hydrogen) atoms. The predicted octanol–water partition coefficient (Wildman–Crippen LogP) is -1.05. The number of unbranched alkanes of at least 4 members (excludes halogenated alkanes) is 4. The van der Waals surface area contributed by atoms with Crippen molar-refractivity contribution in [1.29, 1.82) is 0 Å². The standard InChI is InChI=1S/C59H108N6O21/c1-37(2)65-59(23-20-41(69)16-6-10-26-60-45(70)17-7-11-31-81-56-38(3)50(75)53(78)42(34-66)84-56,24-21-48(73)63-29-14-27-61-46(71)18-8-12-32-82-57-39(4)51(76)54(79)43(35-67)85-57)25-22-49(74)64-30-15-28-62-47(72)19-9-13-33-83-58-40(5)52(77)55(80)44(36-68)86-58/h37-40,42-44,50-58,65-68,75-80H,6-36H2,1-5H3,(H,60,70)(H,61,71)(H,62,72)(H,63,73)(H,64,74)/t38-,39-,40-,42?,43?,44?,50?,51?,52?,53-,54-,55-,56+,57+,58+,59?/m0/s1. The van der Waals surface area contributed by atoms with Gasteiger partial charge in [-0.3, -0.25) is 28.8 Å². The Balaban J connectivity index is 1.41. The molecule has 27 nitrogen and oxygen atoms in total. The van der Waals surface area contributed by atoms with E-state index < -0.39 is 117 Å². The normalized spacial score (nSPS) is 28.3. The summed E-state index contributed by atoms with van der Waals surface area (Å²) >= 11 is 0. The maximum atomic E-state index is 13.4. The van der Waals surface area contributed by atoms with Crippen LogP contribution in [0.15, 0.2) is 0 Å². The number of amides is 5. The minimum absolute atomic E-state index is 0.0141. The van der Waals surface area contributed by atoms with Gasteiger partial charge in [-0.15, -0.1) is 0 Å². The summed E-state index contributed by atoms with van der Waals surface area (Å²) in [5.74, 6) is -2.41. The highest BCUT2D eigenvalue weighted by atomic mass is 16.7. The molecule has 3 heterocycles. The molecule has 500 valence electrons. The topological polar surface area (TPSA) is 412 Å². The quantitative estimate of drug-likeness (QED) is 0.0324. The summed E-state index contributed by atoms with van der Waals surface area (Å²) in [6.45, 7) is 10.0. The van der Waals surface area contributed by atoms with Crippen LogP contribution in [0.2, 0.25) is 0 Å². The molecular weight excluding hydrogens is 1130 g/mol. The van der Waals surface area contributed by atoms with Gasteiger partial charge in [0, 0.05) is 127 Å². The summed E-state index contributed by atoms with van der Waals surface area (Å²) < 4.78 is 33.9. The van der Waals surface area contributed by atoms with E-state index in [0.29, 0.717) is 116 Å². The number of ether oxygens (including phenoxy) is 6. The lowest BCUT2D eigenvalue weighted by Gasteiger charge is -2.40. The Hall–Kier alpha value is -3.62. The van der Waals surface area contributed by atoms with Gasteiger partial charge in [0.1, 0.15) is 42.4 Å². The fraction of sp³-hybridized carbons (Fsp3) is 0.898. The molecular formula is C59H108N6O21. The number of ketones is 1. The molecule has 0 saturated carbocycles. The fourth-order valence-corrected chi connectivity index (χ4v) is 10.6. The molecule has 3 fully saturated rings. The molecule has 0 radical (unpaired) electrons. The number of carbonyl (C=O) groups is 6. The van der Waals surface area contributed by atoms with Gasteiger partial charge in [0.15, 0.2) is 18.9 Å². The number of hydrogen-bond acceptors (Lipinski definition) is 22. The molecule has 0 aliphatic carbocycles.